The molecule has 0 spiro atoms. The molecular formula is C4H4NO2S2. The van der Waals surface area contributed by atoms with Crippen molar-refractivity contribution in [1.82, 2.24) is 5.14 Å². The van der Waals surface area contributed by atoms with Crippen LogP contribution in [0.3, 0.4) is 0 Å². The minimum absolute atomic E-state index is 0.0995. The SMILES string of the molecule is [NH]S(=O)(=O)c1cccs1. The van der Waals surface area contributed by atoms with Gasteiger partial charge in [0.25, 0.3) is 10.0 Å². The van der Waals surface area contributed by atoms with E-state index in [1.165, 1.54) is 6.07 Å². The first-order valence-corrected chi connectivity index (χ1v) is 4.50. The van der Waals surface area contributed by atoms with E-state index in [1.54, 1.807) is 11.4 Å². The average Bonchev–Trinajstić information content (AvgIpc) is 2.08. The van der Waals surface area contributed by atoms with Gasteiger partial charge in [0.2, 0.25) is 0 Å². The molecule has 0 aromatic carbocycles. The number of hydrogen-bond acceptors (Lipinski definition) is 3. The molecule has 49 valence electrons. The Labute approximate surface area is 57.2 Å². The Hall–Kier alpha value is -0.390. The number of thiophene rings is 1. The highest BCUT2D eigenvalue weighted by Crippen LogP contribution is 2.13. The van der Waals surface area contributed by atoms with Crippen LogP contribution in [0.1, 0.15) is 0 Å². The molecule has 1 aromatic rings. The highest BCUT2D eigenvalue weighted by molar-refractivity contribution is 7.90. The predicted octanol–water partition coefficient (Wildman–Crippen LogP) is 0.720. The topological polar surface area (TPSA) is 57.9 Å². The van der Waals surface area contributed by atoms with Crippen LogP contribution in [0.2, 0.25) is 0 Å². The molecule has 0 saturated carbocycles. The van der Waals surface area contributed by atoms with Crippen LogP contribution in [-0.2, 0) is 10.0 Å². The molecule has 3 nitrogen and oxygen atoms in total. The molecule has 5 heteroatoms. The average molecular weight is 162 g/mol. The summed E-state index contributed by atoms with van der Waals surface area (Å²) in [6.07, 6.45) is 0. The Bertz CT molecular complexity index is 274. The molecule has 0 aliphatic rings. The third-order valence-corrected chi connectivity index (χ3v) is 3.03. The van der Waals surface area contributed by atoms with Gasteiger partial charge in [0, 0.05) is 0 Å². The second-order valence-corrected chi connectivity index (χ2v) is 4.09. The van der Waals surface area contributed by atoms with E-state index in [0.717, 1.165) is 11.3 Å². The maximum Gasteiger partial charge on any atom is 0.263 e. The molecule has 1 rings (SSSR count). The van der Waals surface area contributed by atoms with Crippen molar-refractivity contribution >= 4 is 21.4 Å². The van der Waals surface area contributed by atoms with Gasteiger partial charge in [-0.15, -0.1) is 16.5 Å². The molecule has 1 N–H and O–H groups in total. The second-order valence-electron chi connectivity index (χ2n) is 1.44. The van der Waals surface area contributed by atoms with Gasteiger partial charge in [-0.3, -0.25) is 0 Å². The van der Waals surface area contributed by atoms with Crippen molar-refractivity contribution in [1.29, 1.82) is 0 Å². The first-order valence-electron chi connectivity index (χ1n) is 2.14. The van der Waals surface area contributed by atoms with Gasteiger partial charge in [-0.1, -0.05) is 6.07 Å². The second kappa shape index (κ2) is 2.09. The molecule has 0 saturated heterocycles. The standard InChI is InChI=1S/C4H4NO2S2/c5-9(6,7)4-2-1-3-8-4/h1-3,5H. The Morgan fingerprint density at radius 3 is 2.44 bits per heavy atom. The Balaban J connectivity index is 3.20. The van der Waals surface area contributed by atoms with Crippen molar-refractivity contribution in [3.05, 3.63) is 17.5 Å². The summed E-state index contributed by atoms with van der Waals surface area (Å²) in [4.78, 5) is 0. The fourth-order valence-corrected chi connectivity index (χ4v) is 1.80. The molecule has 0 unspecified atom stereocenters. The van der Waals surface area contributed by atoms with Gasteiger partial charge in [0.1, 0.15) is 4.21 Å². The van der Waals surface area contributed by atoms with Crippen LogP contribution in [0.25, 0.3) is 0 Å². The summed E-state index contributed by atoms with van der Waals surface area (Å²) >= 11 is 1.05. The van der Waals surface area contributed by atoms with Crippen molar-refractivity contribution in [3.8, 4) is 0 Å². The fourth-order valence-electron chi connectivity index (χ4n) is 0.416. The van der Waals surface area contributed by atoms with Crippen molar-refractivity contribution in [3.63, 3.8) is 0 Å². The van der Waals surface area contributed by atoms with Crippen LogP contribution in [0.15, 0.2) is 21.7 Å². The number of rotatable bonds is 1. The van der Waals surface area contributed by atoms with E-state index in [1.807, 2.05) is 0 Å². The largest absolute Gasteiger partial charge is 0.263 e. The van der Waals surface area contributed by atoms with Gasteiger partial charge in [0.15, 0.2) is 0 Å². The van der Waals surface area contributed by atoms with Crippen LogP contribution >= 0.6 is 11.3 Å². The van der Waals surface area contributed by atoms with Gasteiger partial charge >= 0.3 is 0 Å². The Morgan fingerprint density at radius 2 is 2.22 bits per heavy atom. The maximum atomic E-state index is 10.4. The minimum Gasteiger partial charge on any atom is -0.205 e. The lowest BCUT2D eigenvalue weighted by atomic mass is 10.7. The highest BCUT2D eigenvalue weighted by atomic mass is 32.2. The molecule has 0 aliphatic heterocycles. The first-order chi connectivity index (χ1) is 4.11. The fraction of sp³-hybridized carbons (Fsp3) is 0. The lowest BCUT2D eigenvalue weighted by Crippen LogP contribution is -1.96. The molecule has 0 fully saturated rings. The van der Waals surface area contributed by atoms with Crippen LogP contribution in [-0.4, -0.2) is 8.42 Å². The minimum atomic E-state index is -3.69. The van der Waals surface area contributed by atoms with E-state index >= 15 is 0 Å². The maximum absolute atomic E-state index is 10.4. The third kappa shape index (κ3) is 1.51. The highest BCUT2D eigenvalue weighted by Gasteiger charge is 2.07. The van der Waals surface area contributed by atoms with Crippen LogP contribution in [0, 0.1) is 0 Å². The first kappa shape index (κ1) is 6.73. The zero-order valence-electron chi connectivity index (χ0n) is 4.37. The molecule has 9 heavy (non-hydrogen) atoms. The van der Waals surface area contributed by atoms with E-state index in [2.05, 4.69) is 0 Å². The summed E-state index contributed by atoms with van der Waals surface area (Å²) in [6.45, 7) is 0. The number of sulfonamides is 1. The van der Waals surface area contributed by atoms with E-state index in [-0.39, 0.29) is 4.21 Å². The summed E-state index contributed by atoms with van der Waals surface area (Å²) < 4.78 is 20.8. The van der Waals surface area contributed by atoms with E-state index in [0.29, 0.717) is 0 Å². The number of nitrogens with one attached hydrogen (secondary N) is 1. The zero-order valence-corrected chi connectivity index (χ0v) is 6.00. The molecular weight excluding hydrogens is 158 g/mol. The van der Waals surface area contributed by atoms with Gasteiger partial charge in [-0.05, 0) is 11.4 Å². The van der Waals surface area contributed by atoms with Crippen molar-refractivity contribution in [2.24, 2.45) is 0 Å². The van der Waals surface area contributed by atoms with Crippen LogP contribution in [0.4, 0.5) is 0 Å². The lowest BCUT2D eigenvalue weighted by Gasteiger charge is -1.84. The van der Waals surface area contributed by atoms with E-state index in [4.69, 9.17) is 5.14 Å². The Morgan fingerprint density at radius 1 is 1.56 bits per heavy atom. The summed E-state index contributed by atoms with van der Waals surface area (Å²) in [6, 6.07) is 3.01. The molecule has 1 radical (unpaired) electrons. The van der Waals surface area contributed by atoms with Crippen molar-refractivity contribution in [2.45, 2.75) is 4.21 Å². The molecule has 0 atom stereocenters. The van der Waals surface area contributed by atoms with Crippen LogP contribution < -0.4 is 5.14 Å². The lowest BCUT2D eigenvalue weighted by molar-refractivity contribution is 0.598. The van der Waals surface area contributed by atoms with Gasteiger partial charge < -0.3 is 0 Å². The van der Waals surface area contributed by atoms with Gasteiger partial charge in [0.05, 0.1) is 0 Å². The molecule has 1 heterocycles. The number of hydrogen-bond donors (Lipinski definition) is 0. The van der Waals surface area contributed by atoms with Crippen LogP contribution in [0.5, 0.6) is 0 Å². The van der Waals surface area contributed by atoms with Crippen molar-refractivity contribution < 1.29 is 8.42 Å². The van der Waals surface area contributed by atoms with Crippen molar-refractivity contribution in [2.75, 3.05) is 0 Å². The molecule has 0 bridgehead atoms. The molecule has 0 aliphatic carbocycles. The van der Waals surface area contributed by atoms with Gasteiger partial charge in [-0.2, -0.15) is 0 Å². The third-order valence-electron chi connectivity index (χ3n) is 0.760. The summed E-state index contributed by atoms with van der Waals surface area (Å²) in [5.74, 6) is 0. The summed E-state index contributed by atoms with van der Waals surface area (Å²) in [5.41, 5.74) is 0. The zero-order chi connectivity index (χ0) is 6.91. The van der Waals surface area contributed by atoms with Gasteiger partial charge in [-0.25, -0.2) is 8.42 Å². The normalized spacial score (nSPS) is 11.7. The molecule has 1 aromatic heterocycles. The van der Waals surface area contributed by atoms with E-state index < -0.39 is 10.0 Å². The quantitative estimate of drug-likeness (QED) is 0.611. The summed E-state index contributed by atoms with van der Waals surface area (Å²) in [5, 5.41) is 8.20. The predicted molar refractivity (Wildman–Crippen MR) is 34.6 cm³/mol. The smallest absolute Gasteiger partial charge is 0.205 e. The molecule has 0 amide bonds. The Kier molecular flexibility index (Phi) is 1.56. The monoisotopic (exact) mass is 162 g/mol. The van der Waals surface area contributed by atoms with E-state index in [9.17, 15) is 8.42 Å². The summed E-state index contributed by atoms with van der Waals surface area (Å²) in [7, 11) is -3.69.